The Morgan fingerprint density at radius 2 is 0.650 bits per heavy atom. The van der Waals surface area contributed by atoms with Crippen molar-refractivity contribution in [1.29, 1.82) is 0 Å². The van der Waals surface area contributed by atoms with E-state index in [1.165, 1.54) is 103 Å². The van der Waals surface area contributed by atoms with Gasteiger partial charge in [-0.25, -0.2) is 4.57 Å². The summed E-state index contributed by atoms with van der Waals surface area (Å²) in [6, 6.07) is 0. The molecular formula is C68H119O11P. The molecule has 80 heavy (non-hydrogen) atoms. The second-order valence-corrected chi connectivity index (χ2v) is 23.0. The Morgan fingerprint density at radius 3 is 1.04 bits per heavy atom. The molecule has 0 rings (SSSR count). The van der Waals surface area contributed by atoms with E-state index in [1.54, 1.807) is 0 Å². The fourth-order valence-electron chi connectivity index (χ4n) is 8.84. The van der Waals surface area contributed by atoms with E-state index in [4.69, 9.17) is 23.3 Å². The third-order valence-electron chi connectivity index (χ3n) is 13.8. The number of hydrogen-bond acceptors (Lipinski definition) is 10. The van der Waals surface area contributed by atoms with Crippen LogP contribution in [0.15, 0.2) is 85.1 Å². The Hall–Kier alpha value is -3.34. The quantitative estimate of drug-likeness (QED) is 0.0197. The zero-order valence-electron chi connectivity index (χ0n) is 51.3. The maximum Gasteiger partial charge on any atom is 0.472 e. The van der Waals surface area contributed by atoms with Crippen LogP contribution in [0, 0.1) is 0 Å². The summed E-state index contributed by atoms with van der Waals surface area (Å²) in [7, 11) is -4.76. The number of phosphoric acid groups is 1. The van der Waals surface area contributed by atoms with Gasteiger partial charge < -0.3 is 24.2 Å². The highest BCUT2D eigenvalue weighted by atomic mass is 31.2. The van der Waals surface area contributed by atoms with Crippen molar-refractivity contribution in [2.45, 2.75) is 303 Å². The van der Waals surface area contributed by atoms with E-state index in [-0.39, 0.29) is 25.9 Å². The van der Waals surface area contributed by atoms with Gasteiger partial charge in [0.2, 0.25) is 0 Å². The third-order valence-corrected chi connectivity index (χ3v) is 14.7. The first-order chi connectivity index (χ1) is 39.2. The van der Waals surface area contributed by atoms with Crippen LogP contribution in [0.3, 0.4) is 0 Å². The molecule has 0 fully saturated rings. The molecule has 12 heteroatoms. The summed E-state index contributed by atoms with van der Waals surface area (Å²) >= 11 is 0. The molecular weight excluding hydrogens is 1020 g/mol. The summed E-state index contributed by atoms with van der Waals surface area (Å²) in [6.07, 6.45) is 72.4. The number of aliphatic hydroxyl groups excluding tert-OH is 1. The largest absolute Gasteiger partial charge is 0.472 e. The average molecular weight is 1140 g/mol. The smallest absolute Gasteiger partial charge is 0.462 e. The monoisotopic (exact) mass is 1140 g/mol. The minimum atomic E-state index is -4.76. The van der Waals surface area contributed by atoms with E-state index in [0.29, 0.717) is 19.3 Å². The molecule has 0 aromatic heterocycles. The molecule has 0 spiro atoms. The number of esters is 3. The van der Waals surface area contributed by atoms with E-state index in [1.807, 2.05) is 0 Å². The van der Waals surface area contributed by atoms with Gasteiger partial charge in [-0.15, -0.1) is 0 Å². The topological polar surface area (TPSA) is 155 Å². The summed E-state index contributed by atoms with van der Waals surface area (Å²) in [5, 5.41) is 9.85. The van der Waals surface area contributed by atoms with Gasteiger partial charge in [0.15, 0.2) is 6.10 Å². The second-order valence-electron chi connectivity index (χ2n) is 21.5. The number of carbonyl (C=O) groups is 3. The van der Waals surface area contributed by atoms with Crippen LogP contribution < -0.4 is 0 Å². The first-order valence-corrected chi connectivity index (χ1v) is 34.0. The Balaban J connectivity index is 4.74. The highest BCUT2D eigenvalue weighted by Crippen LogP contribution is 2.43. The van der Waals surface area contributed by atoms with E-state index < -0.39 is 57.8 Å². The van der Waals surface area contributed by atoms with Crippen molar-refractivity contribution in [3.05, 3.63) is 85.1 Å². The molecule has 0 aromatic rings. The van der Waals surface area contributed by atoms with Gasteiger partial charge in [-0.1, -0.05) is 241 Å². The van der Waals surface area contributed by atoms with Crippen LogP contribution in [0.4, 0.5) is 0 Å². The Morgan fingerprint density at radius 1 is 0.362 bits per heavy atom. The molecule has 3 unspecified atom stereocenters. The molecule has 0 aromatic carbocycles. The zero-order valence-corrected chi connectivity index (χ0v) is 52.2. The second kappa shape index (κ2) is 61.7. The lowest BCUT2D eigenvalue weighted by Gasteiger charge is -2.21. The maximum absolute atomic E-state index is 13.0. The van der Waals surface area contributed by atoms with Crippen LogP contribution in [0.25, 0.3) is 0 Å². The molecule has 0 heterocycles. The van der Waals surface area contributed by atoms with Crippen molar-refractivity contribution < 1.29 is 52.2 Å². The SMILES string of the molecule is CC/C=C\C/C=C\C/C=C\C/C=C\CCCCCCCCC(=O)OC(COC(=O)CCCCCCCCCCC/C=C\CCCCCCCC)COP(=O)(O)OCC(CO)OC(=O)CCCCCCC/C=C\C/C=C\CCCCC. The molecule has 0 aliphatic heterocycles. The van der Waals surface area contributed by atoms with Gasteiger partial charge in [-0.2, -0.15) is 0 Å². The van der Waals surface area contributed by atoms with E-state index >= 15 is 0 Å². The number of allylic oxidation sites excluding steroid dienone is 14. The van der Waals surface area contributed by atoms with Gasteiger partial charge in [-0.3, -0.25) is 23.4 Å². The number of phosphoric ester groups is 1. The van der Waals surface area contributed by atoms with Gasteiger partial charge in [-0.05, 0) is 116 Å². The summed E-state index contributed by atoms with van der Waals surface area (Å²) in [6.45, 7) is 4.50. The molecule has 0 saturated carbocycles. The van der Waals surface area contributed by atoms with Gasteiger partial charge >= 0.3 is 25.7 Å². The van der Waals surface area contributed by atoms with Crippen LogP contribution >= 0.6 is 7.82 Å². The van der Waals surface area contributed by atoms with E-state index in [0.717, 1.165) is 128 Å². The zero-order chi connectivity index (χ0) is 58.3. The lowest BCUT2D eigenvalue weighted by Crippen LogP contribution is -2.30. The van der Waals surface area contributed by atoms with Gasteiger partial charge in [0.25, 0.3) is 0 Å². The molecule has 0 radical (unpaired) electrons. The number of aliphatic hydroxyl groups is 1. The van der Waals surface area contributed by atoms with E-state index in [2.05, 4.69) is 106 Å². The van der Waals surface area contributed by atoms with E-state index in [9.17, 15) is 28.9 Å². The Bertz CT molecular complexity index is 1670. The fraction of sp³-hybridized carbons (Fsp3) is 0.750. The van der Waals surface area contributed by atoms with Crippen molar-refractivity contribution in [3.63, 3.8) is 0 Å². The normalized spacial score (nSPS) is 13.8. The summed E-state index contributed by atoms with van der Waals surface area (Å²) in [5.41, 5.74) is 0. The standard InChI is InChI=1S/C68H119O11P/c1-4-7-10-13-16-19-22-25-28-30-32-34-37-39-42-45-48-51-54-57-66(70)75-61-65(79-68(72)59-56-53-50-47-44-41-38-35-33-31-29-26-23-20-17-14-11-8-5-2)63-77-80(73,74)76-62-64(60-69)78-67(71)58-55-52-49-46-43-40-36-27-24-21-18-15-12-9-6-3/h8,11,17-18,20-21,25-29,33,35-36,64-65,69H,4-7,9-10,12-16,19,22-24,30-32,34,37-63H2,1-3H3,(H,73,74)/b11-8-,20-17-,21-18-,28-25-,29-26-,35-33-,36-27-. The van der Waals surface area contributed by atoms with Crippen molar-refractivity contribution in [1.82, 2.24) is 0 Å². The van der Waals surface area contributed by atoms with Gasteiger partial charge in [0.1, 0.15) is 12.7 Å². The van der Waals surface area contributed by atoms with Crippen LogP contribution in [-0.2, 0) is 42.2 Å². The summed E-state index contributed by atoms with van der Waals surface area (Å²) in [5.74, 6) is -1.49. The third kappa shape index (κ3) is 59.3. The number of ether oxygens (including phenoxy) is 3. The Labute approximate surface area is 490 Å². The molecule has 0 saturated heterocycles. The lowest BCUT2D eigenvalue weighted by atomic mass is 10.1. The summed E-state index contributed by atoms with van der Waals surface area (Å²) < 4.78 is 39.7. The number of hydrogen-bond donors (Lipinski definition) is 2. The highest BCUT2D eigenvalue weighted by molar-refractivity contribution is 7.47. The molecule has 11 nitrogen and oxygen atoms in total. The predicted molar refractivity (Wildman–Crippen MR) is 334 cm³/mol. The number of rotatable bonds is 60. The minimum Gasteiger partial charge on any atom is -0.462 e. The summed E-state index contributed by atoms with van der Waals surface area (Å²) in [4.78, 5) is 48.8. The van der Waals surface area contributed by atoms with Crippen LogP contribution in [0.1, 0.15) is 290 Å². The first kappa shape index (κ1) is 76.7. The molecule has 2 N–H and O–H groups in total. The van der Waals surface area contributed by atoms with Gasteiger partial charge in [0.05, 0.1) is 19.8 Å². The van der Waals surface area contributed by atoms with Crippen molar-refractivity contribution in [3.8, 4) is 0 Å². The number of carbonyl (C=O) groups excluding carboxylic acids is 3. The van der Waals surface area contributed by atoms with Crippen molar-refractivity contribution in [2.24, 2.45) is 0 Å². The molecule has 0 aliphatic carbocycles. The molecule has 0 bridgehead atoms. The minimum absolute atomic E-state index is 0.148. The first-order valence-electron chi connectivity index (χ1n) is 32.5. The molecule has 0 aliphatic rings. The predicted octanol–water partition coefficient (Wildman–Crippen LogP) is 19.8. The molecule has 3 atom stereocenters. The van der Waals surface area contributed by atoms with Crippen molar-refractivity contribution in [2.75, 3.05) is 26.4 Å². The molecule has 0 amide bonds. The van der Waals surface area contributed by atoms with Crippen LogP contribution in [0.5, 0.6) is 0 Å². The number of unbranched alkanes of at least 4 members (excludes halogenated alkanes) is 29. The maximum atomic E-state index is 13.0. The fourth-order valence-corrected chi connectivity index (χ4v) is 9.63. The van der Waals surface area contributed by atoms with Crippen molar-refractivity contribution >= 4 is 25.7 Å². The average Bonchev–Trinajstić information content (AvgIpc) is 3.45. The van der Waals surface area contributed by atoms with Crippen LogP contribution in [-0.4, -0.2) is 66.5 Å². The molecule has 462 valence electrons. The highest BCUT2D eigenvalue weighted by Gasteiger charge is 2.28. The van der Waals surface area contributed by atoms with Crippen LogP contribution in [0.2, 0.25) is 0 Å². The van der Waals surface area contributed by atoms with Gasteiger partial charge in [0, 0.05) is 19.3 Å². The lowest BCUT2D eigenvalue weighted by molar-refractivity contribution is -0.161. The Kier molecular flexibility index (Phi) is 59.1.